The topological polar surface area (TPSA) is 45.4 Å². The molecule has 90 heavy (non-hydrogen) atoms. The van der Waals surface area contributed by atoms with Crippen molar-refractivity contribution >= 4 is 77.9 Å². The van der Waals surface area contributed by atoms with Gasteiger partial charge in [-0.05, 0) is 210 Å². The van der Waals surface area contributed by atoms with E-state index in [2.05, 4.69) is 310 Å². The van der Waals surface area contributed by atoms with Gasteiger partial charge in [0.15, 0.2) is 0 Å². The SMILES string of the molecule is Cc1cnc(N(c2ccc(C(C)(C)C)cc2)c2cc3c(c4oc5ccccc5c24)-c2c(c4ccc(N(c5ccc(C(C)(C)C)cc5)c5cc(-c6ccccc6C)c(C)cn5)cc4c4ccccc24)C32c3ccccc3-c3ccccc32)c(-c2ccccc2C)c1. The fraction of sp³-hybridized carbons (Fsp3) is 0.153. The first-order valence-corrected chi connectivity index (χ1v) is 31.6. The molecule has 14 aromatic rings. The summed E-state index contributed by atoms with van der Waals surface area (Å²) in [6, 6.07) is 86.1. The maximum absolute atomic E-state index is 7.65. The molecule has 3 aromatic heterocycles. The first-order chi connectivity index (χ1) is 43.6. The fourth-order valence-electron chi connectivity index (χ4n) is 15.1. The van der Waals surface area contributed by atoms with Gasteiger partial charge in [-0.15, -0.1) is 0 Å². The lowest BCUT2D eigenvalue weighted by molar-refractivity contribution is 0.590. The van der Waals surface area contributed by atoms with Gasteiger partial charge in [-0.1, -0.05) is 211 Å². The van der Waals surface area contributed by atoms with Crippen LogP contribution in [0.5, 0.6) is 0 Å². The van der Waals surface area contributed by atoms with E-state index in [4.69, 9.17) is 14.4 Å². The largest absolute Gasteiger partial charge is 0.455 e. The molecule has 0 unspecified atom stereocenters. The van der Waals surface area contributed by atoms with Crippen LogP contribution in [0.4, 0.5) is 34.4 Å². The van der Waals surface area contributed by atoms with Crippen molar-refractivity contribution in [3.8, 4) is 44.5 Å². The highest BCUT2D eigenvalue weighted by Gasteiger charge is 2.55. The van der Waals surface area contributed by atoms with Gasteiger partial charge in [0, 0.05) is 46.0 Å². The molecule has 2 aliphatic carbocycles. The van der Waals surface area contributed by atoms with Gasteiger partial charge in [-0.3, -0.25) is 9.80 Å². The summed E-state index contributed by atoms with van der Waals surface area (Å²) in [6.45, 7) is 22.4. The van der Waals surface area contributed by atoms with E-state index in [1.807, 2.05) is 12.4 Å². The Balaban J connectivity index is 1.04. The van der Waals surface area contributed by atoms with Gasteiger partial charge in [0.1, 0.15) is 22.8 Å². The zero-order chi connectivity index (χ0) is 61.5. The molecule has 5 heteroatoms. The Morgan fingerprint density at radius 3 is 1.53 bits per heavy atom. The minimum atomic E-state index is -0.825. The van der Waals surface area contributed by atoms with Crippen molar-refractivity contribution in [2.75, 3.05) is 9.80 Å². The third-order valence-electron chi connectivity index (χ3n) is 19.5. The molecule has 0 radical (unpaired) electrons. The highest BCUT2D eigenvalue weighted by atomic mass is 16.3. The van der Waals surface area contributed by atoms with Crippen LogP contribution < -0.4 is 9.80 Å². The number of benzene rings is 11. The Hall–Kier alpha value is -10.4. The summed E-state index contributed by atoms with van der Waals surface area (Å²) >= 11 is 0. The second-order valence-corrected chi connectivity index (χ2v) is 27.1. The van der Waals surface area contributed by atoms with Crippen molar-refractivity contribution < 1.29 is 4.42 Å². The van der Waals surface area contributed by atoms with Crippen molar-refractivity contribution in [1.29, 1.82) is 0 Å². The smallest absolute Gasteiger partial charge is 0.145 e. The standard InChI is InChI=1S/C85H70N4O/c1-51-45-70(61-26-14-12-24-53(61)3)82(87-49-51)89(58-41-37-56(38-42-58)84(8,9)10)74-48-73-79(81-77(74)67-31-19-22-34-75(67)90-81)78-65-30-16-15-27-62(65)69-46-59(43-44-66(69)80(78)85(73)71-32-20-17-28-63(71)64-29-18-21-33-72(64)85)88(57-39-35-55(36-40-57)83(5,6)7)76-47-68(54(4)50-86-76)60-25-13-11-23-52(60)2/h11-50H,1-10H3. The van der Waals surface area contributed by atoms with Gasteiger partial charge in [0.05, 0.1) is 16.5 Å². The number of aryl methyl sites for hydroxylation is 4. The molecule has 0 atom stereocenters. The zero-order valence-corrected chi connectivity index (χ0v) is 52.8. The fourth-order valence-corrected chi connectivity index (χ4v) is 15.1. The lowest BCUT2D eigenvalue weighted by Crippen LogP contribution is -2.27. The molecule has 0 N–H and O–H groups in total. The van der Waals surface area contributed by atoms with E-state index in [1.54, 1.807) is 0 Å². The van der Waals surface area contributed by atoms with Gasteiger partial charge >= 0.3 is 0 Å². The lowest BCUT2D eigenvalue weighted by Gasteiger charge is -2.34. The van der Waals surface area contributed by atoms with E-state index >= 15 is 0 Å². The van der Waals surface area contributed by atoms with Gasteiger partial charge in [0.25, 0.3) is 0 Å². The van der Waals surface area contributed by atoms with Crippen LogP contribution in [0.15, 0.2) is 247 Å². The Bertz CT molecular complexity index is 5220. The molecule has 1 spiro atoms. The molecule has 2 aliphatic rings. The molecular weight excluding hydrogens is 1090 g/mol. The number of hydrogen-bond acceptors (Lipinski definition) is 5. The van der Waals surface area contributed by atoms with Crippen molar-refractivity contribution in [2.24, 2.45) is 0 Å². The van der Waals surface area contributed by atoms with Crippen molar-refractivity contribution in [2.45, 2.75) is 85.5 Å². The predicted molar refractivity (Wildman–Crippen MR) is 377 cm³/mol. The number of para-hydroxylation sites is 1. The number of fused-ring (bicyclic) bond motifs is 19. The predicted octanol–water partition coefficient (Wildman–Crippen LogP) is 23.1. The molecule has 16 rings (SSSR count). The molecule has 0 amide bonds. The van der Waals surface area contributed by atoms with Crippen molar-refractivity contribution in [3.63, 3.8) is 0 Å². The summed E-state index contributed by atoms with van der Waals surface area (Å²) in [7, 11) is 0. The van der Waals surface area contributed by atoms with Gasteiger partial charge in [-0.2, -0.15) is 0 Å². The molecule has 0 saturated carbocycles. The maximum atomic E-state index is 7.65. The average Bonchev–Trinajstić information content (AvgIpc) is 1.48. The van der Waals surface area contributed by atoms with Crippen LogP contribution in [-0.4, -0.2) is 9.97 Å². The van der Waals surface area contributed by atoms with Crippen LogP contribution >= 0.6 is 0 Å². The normalized spacial score (nSPS) is 13.1. The Morgan fingerprint density at radius 2 is 0.911 bits per heavy atom. The van der Waals surface area contributed by atoms with Crippen LogP contribution in [0.3, 0.4) is 0 Å². The summed E-state index contributed by atoms with van der Waals surface area (Å²) in [4.78, 5) is 15.7. The van der Waals surface area contributed by atoms with Crippen LogP contribution in [0.25, 0.3) is 88.0 Å². The molecule has 11 aromatic carbocycles. The molecule has 0 saturated heterocycles. The second-order valence-electron chi connectivity index (χ2n) is 27.1. The Labute approximate surface area is 527 Å². The molecule has 0 fully saturated rings. The van der Waals surface area contributed by atoms with Gasteiger partial charge in [-0.25, -0.2) is 9.97 Å². The minimum Gasteiger partial charge on any atom is -0.455 e. The summed E-state index contributed by atoms with van der Waals surface area (Å²) < 4.78 is 7.65. The quantitative estimate of drug-likeness (QED) is 0.142. The average molecular weight is 1160 g/mol. The first-order valence-electron chi connectivity index (χ1n) is 31.6. The summed E-state index contributed by atoms with van der Waals surface area (Å²) in [5, 5.41) is 6.75. The zero-order valence-electron chi connectivity index (χ0n) is 52.8. The van der Waals surface area contributed by atoms with E-state index in [0.717, 1.165) is 100 Å². The van der Waals surface area contributed by atoms with E-state index < -0.39 is 5.41 Å². The number of anilines is 6. The van der Waals surface area contributed by atoms with E-state index in [9.17, 15) is 0 Å². The maximum Gasteiger partial charge on any atom is 0.145 e. The number of furan rings is 1. The molecule has 0 aliphatic heterocycles. The molecular formula is C85H70N4O. The minimum absolute atomic E-state index is 0.0246. The molecule has 5 nitrogen and oxygen atoms in total. The first kappa shape index (κ1) is 55.0. The summed E-state index contributed by atoms with van der Waals surface area (Å²) in [5.41, 5.74) is 26.2. The number of pyridine rings is 2. The van der Waals surface area contributed by atoms with Crippen LogP contribution in [-0.2, 0) is 16.2 Å². The van der Waals surface area contributed by atoms with Crippen LogP contribution in [0.1, 0.15) is 97.2 Å². The third kappa shape index (κ3) is 8.28. The van der Waals surface area contributed by atoms with E-state index in [-0.39, 0.29) is 10.8 Å². The van der Waals surface area contributed by atoms with Gasteiger partial charge in [0.2, 0.25) is 0 Å². The monoisotopic (exact) mass is 1160 g/mol. The number of rotatable bonds is 8. The van der Waals surface area contributed by atoms with Crippen LogP contribution in [0, 0.1) is 27.7 Å². The second kappa shape index (κ2) is 20.3. The third-order valence-corrected chi connectivity index (χ3v) is 19.5. The molecule has 3 heterocycles. The van der Waals surface area contributed by atoms with E-state index in [0.29, 0.717) is 0 Å². The number of nitrogens with zero attached hydrogens (tertiary/aromatic N) is 4. The van der Waals surface area contributed by atoms with Crippen LogP contribution in [0.2, 0.25) is 0 Å². The number of aromatic nitrogens is 2. The highest BCUT2D eigenvalue weighted by molar-refractivity contribution is 6.26. The van der Waals surface area contributed by atoms with Crippen molar-refractivity contribution in [1.82, 2.24) is 9.97 Å². The van der Waals surface area contributed by atoms with E-state index in [1.165, 1.54) is 77.5 Å². The lowest BCUT2D eigenvalue weighted by atomic mass is 9.69. The molecule has 0 bridgehead atoms. The molecule has 436 valence electrons. The summed E-state index contributed by atoms with van der Waals surface area (Å²) in [5.74, 6) is 1.69. The highest BCUT2D eigenvalue weighted by Crippen LogP contribution is 2.68. The van der Waals surface area contributed by atoms with Gasteiger partial charge < -0.3 is 4.42 Å². The Morgan fingerprint density at radius 1 is 0.378 bits per heavy atom. The van der Waals surface area contributed by atoms with Crippen molar-refractivity contribution in [3.05, 3.63) is 299 Å². The number of hydrogen-bond donors (Lipinski definition) is 0. The Kier molecular flexibility index (Phi) is 12.4. The summed E-state index contributed by atoms with van der Waals surface area (Å²) in [6.07, 6.45) is 4.07.